The van der Waals surface area contributed by atoms with Gasteiger partial charge in [-0.2, -0.15) is 12.1 Å². The molecular weight excluding hydrogens is 407 g/mol. The van der Waals surface area contributed by atoms with Crippen molar-refractivity contribution in [2.24, 2.45) is 0 Å². The zero-order valence-corrected chi connectivity index (χ0v) is 18.0. The van der Waals surface area contributed by atoms with Gasteiger partial charge >= 0.3 is 19.5 Å². The molecule has 0 amide bonds. The molecule has 7 nitrogen and oxygen atoms in total. The Hall–Kier alpha value is -0.367. The van der Waals surface area contributed by atoms with Gasteiger partial charge in [-0.05, 0) is 59.9 Å². The molecule has 1 aliphatic rings. The Labute approximate surface area is 165 Å². The number of hydrogen-bond acceptors (Lipinski definition) is 5. The fraction of sp³-hybridized carbons (Fsp3) is 0.824. The minimum Gasteiger partial charge on any atom is -0.664 e. The van der Waals surface area contributed by atoms with Crippen molar-refractivity contribution in [3.05, 3.63) is 23.8 Å². The van der Waals surface area contributed by atoms with Crippen molar-refractivity contribution >= 4 is 0 Å². The van der Waals surface area contributed by atoms with Crippen LogP contribution < -0.4 is 0 Å². The van der Waals surface area contributed by atoms with Crippen LogP contribution in [0.2, 0.25) is 0 Å². The first-order valence-electron chi connectivity index (χ1n) is 8.61. The molecule has 2 heterocycles. The maximum Gasteiger partial charge on any atom is 3.00 e. The number of aromatic amines is 1. The summed E-state index contributed by atoms with van der Waals surface area (Å²) in [4.78, 5) is 4.78. The van der Waals surface area contributed by atoms with Crippen LogP contribution in [0.5, 0.6) is 0 Å². The van der Waals surface area contributed by atoms with E-state index in [4.69, 9.17) is 10.2 Å². The number of H-pyrrole nitrogens is 1. The first-order valence-corrected chi connectivity index (χ1v) is 8.61. The van der Waals surface area contributed by atoms with E-state index >= 15 is 0 Å². The van der Waals surface area contributed by atoms with E-state index in [1.165, 1.54) is 19.5 Å². The van der Waals surface area contributed by atoms with E-state index < -0.39 is 0 Å². The molecule has 0 aromatic carbocycles. The average Bonchev–Trinajstić information content (AvgIpc) is 3.08. The summed E-state index contributed by atoms with van der Waals surface area (Å²) in [7, 11) is 6.26. The quantitative estimate of drug-likeness (QED) is 0.551. The summed E-state index contributed by atoms with van der Waals surface area (Å²) >= 11 is 0. The Morgan fingerprint density at radius 2 is 2.00 bits per heavy atom. The van der Waals surface area contributed by atoms with Crippen LogP contribution in [0, 0.1) is 0 Å². The predicted molar refractivity (Wildman–Crippen MR) is 99.2 cm³/mol. The first kappa shape index (κ1) is 26.9. The Morgan fingerprint density at radius 1 is 1.36 bits per heavy atom. The molecule has 0 saturated carbocycles. The van der Waals surface area contributed by atoms with Gasteiger partial charge in [-0.25, -0.2) is 0 Å². The number of likely N-dealkylation sites (tertiary alicyclic amines) is 1. The second-order valence-electron chi connectivity index (χ2n) is 6.43. The van der Waals surface area contributed by atoms with Gasteiger partial charge in [0.05, 0.1) is 12.2 Å². The minimum absolute atomic E-state index is 0. The normalized spacial score (nSPS) is 18.6. The summed E-state index contributed by atoms with van der Waals surface area (Å²) < 4.78 is 0. The largest absolute Gasteiger partial charge is 3.00 e. The molecule has 2 rings (SSSR count). The monoisotopic (exact) mass is 444 g/mol. The van der Waals surface area contributed by atoms with Crippen molar-refractivity contribution in [3.63, 3.8) is 0 Å². The van der Waals surface area contributed by atoms with Crippen molar-refractivity contribution in [3.8, 4) is 0 Å². The summed E-state index contributed by atoms with van der Waals surface area (Å²) in [6, 6.07) is 2.63. The molecule has 1 aliphatic heterocycles. The molecule has 1 aromatic heterocycles. The van der Waals surface area contributed by atoms with Crippen molar-refractivity contribution in [2.45, 2.75) is 44.9 Å². The first-order chi connectivity index (χ1) is 11.4. The summed E-state index contributed by atoms with van der Waals surface area (Å²) in [5, 5.41) is 27.4. The van der Waals surface area contributed by atoms with Gasteiger partial charge in [-0.3, -0.25) is 5.10 Å². The molecular formula is C17H36N5O2Ru+2. The fourth-order valence-corrected chi connectivity index (χ4v) is 2.23. The molecule has 8 heteroatoms. The van der Waals surface area contributed by atoms with Gasteiger partial charge in [-0.15, -0.1) is 6.54 Å². The van der Waals surface area contributed by atoms with Crippen LogP contribution in [0.4, 0.5) is 0 Å². The third-order valence-corrected chi connectivity index (χ3v) is 3.75. The van der Waals surface area contributed by atoms with E-state index in [1.807, 2.05) is 13.1 Å². The summed E-state index contributed by atoms with van der Waals surface area (Å²) in [5.74, 6) is 0. The molecule has 25 heavy (non-hydrogen) atoms. The fourth-order valence-electron chi connectivity index (χ4n) is 2.23. The molecule has 147 valence electrons. The zero-order chi connectivity index (χ0) is 18.4. The number of aromatic nitrogens is 2. The van der Waals surface area contributed by atoms with Gasteiger partial charge in [-0.1, -0.05) is 0 Å². The second kappa shape index (κ2) is 17.1. The molecule has 1 fully saturated rings. The average molecular weight is 444 g/mol. The van der Waals surface area contributed by atoms with Gasteiger partial charge in [0, 0.05) is 25.0 Å². The van der Waals surface area contributed by atoms with Crippen LogP contribution in [-0.4, -0.2) is 95.8 Å². The van der Waals surface area contributed by atoms with Crippen molar-refractivity contribution < 1.29 is 29.7 Å². The van der Waals surface area contributed by atoms with Crippen LogP contribution in [0.3, 0.4) is 0 Å². The van der Waals surface area contributed by atoms with E-state index in [9.17, 15) is 0 Å². The van der Waals surface area contributed by atoms with E-state index in [0.29, 0.717) is 6.42 Å². The van der Waals surface area contributed by atoms with Crippen molar-refractivity contribution in [2.75, 3.05) is 47.3 Å². The number of nitrogens with one attached hydrogen (secondary N) is 1. The van der Waals surface area contributed by atoms with Gasteiger partial charge in [0.15, 0.2) is 0 Å². The molecule has 1 radical (unpaired) electrons. The van der Waals surface area contributed by atoms with Crippen LogP contribution in [0.1, 0.15) is 26.7 Å². The number of rotatable bonds is 7. The number of likely N-dealkylation sites (N-methyl/N-ethyl adjacent to an activating group) is 3. The molecule has 3 unspecified atom stereocenters. The van der Waals surface area contributed by atoms with Crippen molar-refractivity contribution in [1.82, 2.24) is 20.0 Å². The Balaban J connectivity index is 0. The number of aliphatic hydroxyl groups is 2. The smallest absolute Gasteiger partial charge is 0.664 e. The number of nitrogens with zero attached hydrogens (tertiary/aromatic N) is 4. The molecule has 3 N–H and O–H groups in total. The predicted octanol–water partition coefficient (Wildman–Crippen LogP) is 1.17. The van der Waals surface area contributed by atoms with E-state index in [1.54, 1.807) is 26.2 Å². The summed E-state index contributed by atoms with van der Waals surface area (Å²) in [6.07, 6.45) is 4.55. The molecule has 1 saturated heterocycles. The molecule has 0 bridgehead atoms. The van der Waals surface area contributed by atoms with E-state index in [-0.39, 0.29) is 31.7 Å². The molecule has 3 atom stereocenters. The Bertz CT molecular complexity index is 343. The van der Waals surface area contributed by atoms with Gasteiger partial charge in [0.1, 0.15) is 0 Å². The zero-order valence-electron chi connectivity index (χ0n) is 16.2. The third kappa shape index (κ3) is 16.8. The SMILES string of the molecule is CC(O)CC(C)O.C[N-]CCN(C)CC1CCN1C.[Ru+3].c1cn[nH]c1. The van der Waals surface area contributed by atoms with Crippen LogP contribution >= 0.6 is 0 Å². The van der Waals surface area contributed by atoms with E-state index in [0.717, 1.165) is 19.1 Å². The molecule has 1 aromatic rings. The maximum absolute atomic E-state index is 8.56. The standard InChI is InChI=1S/C9H20N3.C5H12O2.C3H4N2.Ru/c1-10-5-7-11(2)8-9-4-6-12(9)3;1-4(6)3-5(2)7;1-2-4-5-3-1;/h9H,4-8H2,1-3H3;4-7H,3H2,1-2H3;1-3H,(H,4,5);/q-1;;;+3. The Kier molecular flexibility index (Phi) is 18.3. The number of aliphatic hydroxyl groups excluding tert-OH is 2. The Morgan fingerprint density at radius 3 is 2.24 bits per heavy atom. The second-order valence-corrected chi connectivity index (χ2v) is 6.43. The summed E-state index contributed by atoms with van der Waals surface area (Å²) in [6.45, 7) is 7.86. The minimum atomic E-state index is -0.375. The van der Waals surface area contributed by atoms with Crippen LogP contribution in [-0.2, 0) is 19.5 Å². The summed E-state index contributed by atoms with van der Waals surface area (Å²) in [5.41, 5.74) is 0. The van der Waals surface area contributed by atoms with Gasteiger partial charge in [0.2, 0.25) is 0 Å². The van der Waals surface area contributed by atoms with Crippen LogP contribution in [0.15, 0.2) is 18.5 Å². The topological polar surface area (TPSA) is 89.7 Å². The third-order valence-electron chi connectivity index (χ3n) is 3.75. The maximum atomic E-state index is 8.56. The van der Waals surface area contributed by atoms with Crippen molar-refractivity contribution in [1.29, 1.82) is 0 Å². The van der Waals surface area contributed by atoms with E-state index in [2.05, 4.69) is 39.4 Å². The van der Waals surface area contributed by atoms with Gasteiger partial charge < -0.3 is 25.3 Å². The number of hydrogen-bond donors (Lipinski definition) is 3. The van der Waals surface area contributed by atoms with Crippen LogP contribution in [0.25, 0.3) is 5.32 Å². The molecule has 0 spiro atoms. The molecule has 0 aliphatic carbocycles. The van der Waals surface area contributed by atoms with Gasteiger partial charge in [0.25, 0.3) is 0 Å².